The average molecular weight is 513 g/mol. The largest absolute Gasteiger partial charge is 0.493 e. The molecule has 1 amide bonds. The summed E-state index contributed by atoms with van der Waals surface area (Å²) in [4.78, 5) is 17.2. The molecule has 0 bridgehead atoms. The highest BCUT2D eigenvalue weighted by Crippen LogP contribution is 2.37. The number of nitrogens with one attached hydrogen (secondary N) is 1. The van der Waals surface area contributed by atoms with Crippen LogP contribution in [0.15, 0.2) is 81.1 Å². The summed E-state index contributed by atoms with van der Waals surface area (Å²) in [7, 11) is 1.57. The van der Waals surface area contributed by atoms with Gasteiger partial charge in [-0.15, -0.1) is 0 Å². The number of halogens is 2. The fraction of sp³-hybridized carbons (Fsp3) is 0.0833. The summed E-state index contributed by atoms with van der Waals surface area (Å²) in [6.07, 6.45) is 1.75. The summed E-state index contributed by atoms with van der Waals surface area (Å²) in [5.41, 5.74) is 2.36. The van der Waals surface area contributed by atoms with Gasteiger partial charge in [-0.2, -0.15) is 0 Å². The predicted octanol–water partition coefficient (Wildman–Crippen LogP) is 6.07. The molecular formula is C24H18BrFN2O3S. The van der Waals surface area contributed by atoms with Crippen LogP contribution < -0.4 is 14.8 Å². The van der Waals surface area contributed by atoms with Gasteiger partial charge in [0.2, 0.25) is 0 Å². The number of hydrogen-bond donors (Lipinski definition) is 1. The van der Waals surface area contributed by atoms with Crippen LogP contribution in [0, 0.1) is 5.82 Å². The number of amides is 1. The second-order valence-corrected chi connectivity index (χ2v) is 8.64. The normalized spacial score (nSPS) is 15.8. The van der Waals surface area contributed by atoms with Crippen LogP contribution in [-0.4, -0.2) is 18.2 Å². The molecule has 0 spiro atoms. The zero-order valence-electron chi connectivity index (χ0n) is 17.0. The minimum absolute atomic E-state index is 0.258. The Bertz CT molecular complexity index is 1200. The van der Waals surface area contributed by atoms with Crippen molar-refractivity contribution < 1.29 is 18.7 Å². The summed E-state index contributed by atoms with van der Waals surface area (Å²) in [5.74, 6) is 0.547. The van der Waals surface area contributed by atoms with Crippen molar-refractivity contribution in [2.75, 3.05) is 7.11 Å². The first-order valence-electron chi connectivity index (χ1n) is 9.61. The smallest absolute Gasteiger partial charge is 0.264 e. The second kappa shape index (κ2) is 10.0. The maximum atomic E-state index is 13.1. The van der Waals surface area contributed by atoms with Crippen LogP contribution in [0.3, 0.4) is 0 Å². The highest BCUT2D eigenvalue weighted by atomic mass is 79.9. The van der Waals surface area contributed by atoms with Gasteiger partial charge in [0.1, 0.15) is 12.4 Å². The minimum Gasteiger partial charge on any atom is -0.493 e. The van der Waals surface area contributed by atoms with Gasteiger partial charge in [-0.3, -0.25) is 4.79 Å². The molecule has 1 aliphatic rings. The lowest BCUT2D eigenvalue weighted by Gasteiger charge is -2.13. The van der Waals surface area contributed by atoms with Crippen LogP contribution in [0.1, 0.15) is 11.1 Å². The lowest BCUT2D eigenvalue weighted by Crippen LogP contribution is -2.19. The Morgan fingerprint density at radius 3 is 2.56 bits per heavy atom. The molecule has 1 heterocycles. The molecule has 8 heteroatoms. The van der Waals surface area contributed by atoms with E-state index < -0.39 is 0 Å². The zero-order chi connectivity index (χ0) is 22.5. The Morgan fingerprint density at radius 2 is 1.84 bits per heavy atom. The molecule has 0 aliphatic carbocycles. The molecule has 3 aromatic carbocycles. The van der Waals surface area contributed by atoms with Crippen molar-refractivity contribution in [3.8, 4) is 11.5 Å². The van der Waals surface area contributed by atoms with E-state index >= 15 is 0 Å². The Hall–Kier alpha value is -3.10. The number of hydrogen-bond acceptors (Lipinski definition) is 5. The van der Waals surface area contributed by atoms with E-state index in [4.69, 9.17) is 9.47 Å². The van der Waals surface area contributed by atoms with Gasteiger partial charge < -0.3 is 14.8 Å². The number of amidine groups is 1. The fourth-order valence-corrected chi connectivity index (χ4v) is 4.19. The van der Waals surface area contributed by atoms with Gasteiger partial charge in [-0.1, -0.05) is 46.3 Å². The number of methoxy groups -OCH3 is 1. The molecule has 0 unspecified atom stereocenters. The van der Waals surface area contributed by atoms with E-state index in [9.17, 15) is 9.18 Å². The molecule has 1 fully saturated rings. The summed E-state index contributed by atoms with van der Waals surface area (Å²) < 4.78 is 25.2. The van der Waals surface area contributed by atoms with Gasteiger partial charge in [0.25, 0.3) is 5.91 Å². The first-order valence-corrected chi connectivity index (χ1v) is 11.2. The second-order valence-electron chi connectivity index (χ2n) is 6.76. The monoisotopic (exact) mass is 512 g/mol. The van der Waals surface area contributed by atoms with Crippen molar-refractivity contribution in [2.24, 2.45) is 4.99 Å². The van der Waals surface area contributed by atoms with Crippen LogP contribution in [0.4, 0.5) is 10.1 Å². The molecule has 0 atom stereocenters. The van der Waals surface area contributed by atoms with Crippen molar-refractivity contribution in [3.05, 3.63) is 93.1 Å². The van der Waals surface area contributed by atoms with Crippen molar-refractivity contribution in [1.82, 2.24) is 5.32 Å². The molecule has 0 saturated carbocycles. The Labute approximate surface area is 197 Å². The molecule has 32 heavy (non-hydrogen) atoms. The maximum Gasteiger partial charge on any atom is 0.264 e. The van der Waals surface area contributed by atoms with Crippen LogP contribution >= 0.6 is 27.7 Å². The molecule has 0 aromatic heterocycles. The Balaban J connectivity index is 1.54. The molecule has 4 rings (SSSR count). The summed E-state index contributed by atoms with van der Waals surface area (Å²) in [6.45, 7) is 0.408. The first-order chi connectivity index (χ1) is 15.5. The lowest BCUT2D eigenvalue weighted by molar-refractivity contribution is -0.115. The quantitative estimate of drug-likeness (QED) is 0.407. The third-order valence-electron chi connectivity index (χ3n) is 4.51. The van der Waals surface area contributed by atoms with Gasteiger partial charge in [-0.05, 0) is 65.4 Å². The Kier molecular flexibility index (Phi) is 6.92. The molecule has 162 valence electrons. The van der Waals surface area contributed by atoms with E-state index in [-0.39, 0.29) is 11.7 Å². The fourth-order valence-electron chi connectivity index (χ4n) is 2.92. The zero-order valence-corrected chi connectivity index (χ0v) is 19.4. The van der Waals surface area contributed by atoms with Crippen LogP contribution in [0.5, 0.6) is 11.5 Å². The van der Waals surface area contributed by atoms with Crippen molar-refractivity contribution in [1.29, 1.82) is 0 Å². The van der Waals surface area contributed by atoms with E-state index in [1.807, 2.05) is 36.4 Å². The van der Waals surface area contributed by atoms with Gasteiger partial charge >= 0.3 is 0 Å². The standard InChI is InChI=1S/C24H18BrFN2O3S/c1-30-20-11-16(19(25)13-21(20)31-14-15-5-3-2-4-6-15)12-22-23(29)28-24(32-22)27-18-9-7-17(26)8-10-18/h2-13H,14H2,1H3,(H,27,28,29)/b22-12+. The number of thioether (sulfide) groups is 1. The number of benzene rings is 3. The molecular weight excluding hydrogens is 495 g/mol. The number of aliphatic imine (C=N–C) groups is 1. The molecule has 0 radical (unpaired) electrons. The van der Waals surface area contributed by atoms with Gasteiger partial charge in [0, 0.05) is 4.47 Å². The third kappa shape index (κ3) is 5.38. The number of rotatable bonds is 6. The van der Waals surface area contributed by atoms with Crippen LogP contribution in [-0.2, 0) is 11.4 Å². The van der Waals surface area contributed by atoms with Gasteiger partial charge in [0.05, 0.1) is 17.7 Å². The number of ether oxygens (including phenoxy) is 2. The predicted molar refractivity (Wildman–Crippen MR) is 129 cm³/mol. The number of nitrogens with zero attached hydrogens (tertiary/aromatic N) is 1. The number of carbonyl (C=O) groups is 1. The summed E-state index contributed by atoms with van der Waals surface area (Å²) in [5, 5.41) is 3.16. The lowest BCUT2D eigenvalue weighted by atomic mass is 10.2. The first kappa shape index (κ1) is 22.1. The van der Waals surface area contributed by atoms with Gasteiger partial charge in [0.15, 0.2) is 16.7 Å². The summed E-state index contributed by atoms with van der Waals surface area (Å²) in [6, 6.07) is 19.2. The van der Waals surface area contributed by atoms with Crippen molar-refractivity contribution in [2.45, 2.75) is 6.61 Å². The molecule has 5 nitrogen and oxygen atoms in total. The van der Waals surface area contributed by atoms with Crippen LogP contribution in [0.25, 0.3) is 6.08 Å². The highest BCUT2D eigenvalue weighted by molar-refractivity contribution is 9.10. The molecule has 1 saturated heterocycles. The van der Waals surface area contributed by atoms with E-state index in [1.165, 1.54) is 23.9 Å². The SMILES string of the molecule is COc1cc(/C=C2/SC(=Nc3ccc(F)cc3)NC2=O)c(Br)cc1OCc1ccccc1. The average Bonchev–Trinajstić information content (AvgIpc) is 3.14. The number of carbonyl (C=O) groups excluding carboxylic acids is 1. The van der Waals surface area contributed by atoms with Gasteiger partial charge in [-0.25, -0.2) is 9.38 Å². The Morgan fingerprint density at radius 1 is 1.09 bits per heavy atom. The van der Waals surface area contributed by atoms with Crippen LogP contribution in [0.2, 0.25) is 0 Å². The summed E-state index contributed by atoms with van der Waals surface area (Å²) >= 11 is 4.76. The van der Waals surface area contributed by atoms with E-state index in [2.05, 4.69) is 26.2 Å². The van der Waals surface area contributed by atoms with E-state index in [0.29, 0.717) is 33.9 Å². The molecule has 3 aromatic rings. The third-order valence-corrected chi connectivity index (χ3v) is 6.11. The molecule has 1 N–H and O–H groups in total. The maximum absolute atomic E-state index is 13.1. The molecule has 1 aliphatic heterocycles. The highest BCUT2D eigenvalue weighted by Gasteiger charge is 2.24. The topological polar surface area (TPSA) is 59.9 Å². The van der Waals surface area contributed by atoms with Crippen molar-refractivity contribution >= 4 is 50.5 Å². The minimum atomic E-state index is -0.340. The van der Waals surface area contributed by atoms with E-state index in [0.717, 1.165) is 15.6 Å². The van der Waals surface area contributed by atoms with Crippen molar-refractivity contribution in [3.63, 3.8) is 0 Å². The van der Waals surface area contributed by atoms with E-state index in [1.54, 1.807) is 31.4 Å².